The first-order valence-electron chi connectivity index (χ1n) is 7.70. The Bertz CT molecular complexity index is 260. The van der Waals surface area contributed by atoms with Gasteiger partial charge in [0.25, 0.3) is 0 Å². The number of hydrogen-bond donors (Lipinski definition) is 2. The van der Waals surface area contributed by atoms with Crippen molar-refractivity contribution in [3.63, 3.8) is 0 Å². The van der Waals surface area contributed by atoms with Crippen LogP contribution in [-0.4, -0.2) is 25.0 Å². The van der Waals surface area contributed by atoms with Crippen LogP contribution in [0.4, 0.5) is 0 Å². The van der Waals surface area contributed by atoms with Gasteiger partial charge in [-0.2, -0.15) is 0 Å². The van der Waals surface area contributed by atoms with Gasteiger partial charge in [-0.3, -0.25) is 4.79 Å². The van der Waals surface area contributed by atoms with Crippen molar-refractivity contribution in [1.29, 1.82) is 0 Å². The third kappa shape index (κ3) is 4.60. The van der Waals surface area contributed by atoms with Crippen molar-refractivity contribution in [1.82, 2.24) is 10.6 Å². The number of hydrogen-bond acceptors (Lipinski definition) is 2. The van der Waals surface area contributed by atoms with Gasteiger partial charge < -0.3 is 10.6 Å². The zero-order chi connectivity index (χ0) is 13.0. The molecular weight excluding hydrogens is 224 g/mol. The van der Waals surface area contributed by atoms with Crippen molar-refractivity contribution < 1.29 is 4.79 Å². The van der Waals surface area contributed by atoms with Crippen LogP contribution in [0.3, 0.4) is 0 Å². The molecule has 0 bridgehead atoms. The first-order chi connectivity index (χ1) is 8.70. The summed E-state index contributed by atoms with van der Waals surface area (Å²) in [4.78, 5) is 11.7. The molecule has 0 spiro atoms. The summed E-state index contributed by atoms with van der Waals surface area (Å²) in [6.45, 7) is 5.77. The summed E-state index contributed by atoms with van der Waals surface area (Å²) in [6, 6.07) is 0.312. The molecule has 1 atom stereocenters. The molecule has 0 aliphatic heterocycles. The Morgan fingerprint density at radius 3 is 2.33 bits per heavy atom. The first kappa shape index (κ1) is 13.9. The lowest BCUT2D eigenvalue weighted by Gasteiger charge is -2.17. The molecule has 1 unspecified atom stereocenters. The molecule has 0 aromatic heterocycles. The van der Waals surface area contributed by atoms with E-state index in [1.165, 1.54) is 25.7 Å². The van der Waals surface area contributed by atoms with Gasteiger partial charge in [-0.1, -0.05) is 13.3 Å². The van der Waals surface area contributed by atoms with Gasteiger partial charge in [-0.15, -0.1) is 0 Å². The Morgan fingerprint density at radius 1 is 1.22 bits per heavy atom. The molecule has 0 aromatic carbocycles. The summed E-state index contributed by atoms with van der Waals surface area (Å²) < 4.78 is 0. The summed E-state index contributed by atoms with van der Waals surface area (Å²) in [5, 5.41) is 6.41. The fourth-order valence-corrected chi connectivity index (χ4v) is 2.95. The molecule has 2 aliphatic rings. The SMILES string of the molecule is CCCC(C)NC(=O)CNCC(C1CC1)C1CC1. The number of rotatable bonds is 9. The molecule has 0 radical (unpaired) electrons. The highest BCUT2D eigenvalue weighted by Gasteiger charge is 2.40. The molecule has 0 saturated heterocycles. The van der Waals surface area contributed by atoms with Crippen molar-refractivity contribution >= 4 is 5.91 Å². The summed E-state index contributed by atoms with van der Waals surface area (Å²) in [6.07, 6.45) is 7.87. The predicted octanol–water partition coefficient (Wildman–Crippen LogP) is 2.32. The molecule has 1 amide bonds. The van der Waals surface area contributed by atoms with Gasteiger partial charge in [0, 0.05) is 6.04 Å². The number of amides is 1. The van der Waals surface area contributed by atoms with Gasteiger partial charge in [-0.25, -0.2) is 0 Å². The van der Waals surface area contributed by atoms with Crippen LogP contribution in [0.2, 0.25) is 0 Å². The Labute approximate surface area is 111 Å². The normalized spacial score (nSPS) is 21.1. The van der Waals surface area contributed by atoms with Gasteiger partial charge in [0.1, 0.15) is 0 Å². The molecule has 0 heterocycles. The highest BCUT2D eigenvalue weighted by atomic mass is 16.1. The standard InChI is InChI=1S/C15H28N2O/c1-3-4-11(2)17-15(18)10-16-9-14(12-5-6-12)13-7-8-13/h11-14,16H,3-10H2,1-2H3,(H,17,18). The highest BCUT2D eigenvalue weighted by Crippen LogP contribution is 2.48. The third-order valence-corrected chi connectivity index (χ3v) is 4.25. The zero-order valence-corrected chi connectivity index (χ0v) is 11.9. The second-order valence-electron chi connectivity index (χ2n) is 6.23. The maximum atomic E-state index is 11.7. The van der Waals surface area contributed by atoms with E-state index in [0.717, 1.165) is 37.1 Å². The van der Waals surface area contributed by atoms with E-state index in [0.29, 0.717) is 12.6 Å². The minimum atomic E-state index is 0.154. The van der Waals surface area contributed by atoms with Crippen molar-refractivity contribution in [3.05, 3.63) is 0 Å². The molecule has 2 rings (SSSR count). The molecule has 3 nitrogen and oxygen atoms in total. The first-order valence-corrected chi connectivity index (χ1v) is 7.70. The summed E-state index contributed by atoms with van der Waals surface area (Å²) in [7, 11) is 0. The lowest BCUT2D eigenvalue weighted by atomic mass is 9.98. The fraction of sp³-hybridized carbons (Fsp3) is 0.933. The fourth-order valence-electron chi connectivity index (χ4n) is 2.95. The smallest absolute Gasteiger partial charge is 0.234 e. The molecule has 2 saturated carbocycles. The second kappa shape index (κ2) is 6.55. The highest BCUT2D eigenvalue weighted by molar-refractivity contribution is 5.78. The van der Waals surface area contributed by atoms with Crippen LogP contribution in [0.5, 0.6) is 0 Å². The number of nitrogens with one attached hydrogen (secondary N) is 2. The summed E-state index contributed by atoms with van der Waals surface area (Å²) in [5.41, 5.74) is 0. The van der Waals surface area contributed by atoms with E-state index in [-0.39, 0.29) is 5.91 Å². The maximum absolute atomic E-state index is 11.7. The maximum Gasteiger partial charge on any atom is 0.234 e. The van der Waals surface area contributed by atoms with Crippen LogP contribution < -0.4 is 10.6 Å². The lowest BCUT2D eigenvalue weighted by Crippen LogP contribution is -2.40. The van der Waals surface area contributed by atoms with Crippen LogP contribution in [-0.2, 0) is 4.79 Å². The third-order valence-electron chi connectivity index (χ3n) is 4.25. The zero-order valence-electron chi connectivity index (χ0n) is 11.9. The van der Waals surface area contributed by atoms with Crippen LogP contribution in [0, 0.1) is 17.8 Å². The van der Waals surface area contributed by atoms with Crippen molar-refractivity contribution in [2.75, 3.05) is 13.1 Å². The molecule has 0 aromatic rings. The van der Waals surface area contributed by atoms with E-state index in [1.54, 1.807) is 0 Å². The Balaban J connectivity index is 1.57. The molecular formula is C15H28N2O. The molecule has 2 fully saturated rings. The van der Waals surface area contributed by atoms with Crippen molar-refractivity contribution in [3.8, 4) is 0 Å². The average Bonchev–Trinajstić information content (AvgIpc) is 3.15. The molecule has 18 heavy (non-hydrogen) atoms. The van der Waals surface area contributed by atoms with E-state index < -0.39 is 0 Å². The van der Waals surface area contributed by atoms with Crippen LogP contribution >= 0.6 is 0 Å². The summed E-state index contributed by atoms with van der Waals surface area (Å²) >= 11 is 0. The van der Waals surface area contributed by atoms with Crippen LogP contribution in [0.25, 0.3) is 0 Å². The van der Waals surface area contributed by atoms with E-state index in [9.17, 15) is 4.79 Å². The van der Waals surface area contributed by atoms with Crippen molar-refractivity contribution in [2.45, 2.75) is 58.4 Å². The quantitative estimate of drug-likeness (QED) is 0.661. The van der Waals surface area contributed by atoms with E-state index in [1.807, 2.05) is 0 Å². The molecule has 104 valence electrons. The minimum absolute atomic E-state index is 0.154. The Morgan fingerprint density at radius 2 is 1.83 bits per heavy atom. The monoisotopic (exact) mass is 252 g/mol. The molecule has 3 heteroatoms. The molecule has 2 N–H and O–H groups in total. The van der Waals surface area contributed by atoms with Crippen LogP contribution in [0.1, 0.15) is 52.4 Å². The summed E-state index contributed by atoms with van der Waals surface area (Å²) in [5.74, 6) is 2.94. The van der Waals surface area contributed by atoms with Crippen LogP contribution in [0.15, 0.2) is 0 Å². The van der Waals surface area contributed by atoms with Gasteiger partial charge in [0.05, 0.1) is 6.54 Å². The van der Waals surface area contributed by atoms with Crippen molar-refractivity contribution in [2.24, 2.45) is 17.8 Å². The number of carbonyl (C=O) groups is 1. The predicted molar refractivity (Wildman–Crippen MR) is 74.3 cm³/mol. The van der Waals surface area contributed by atoms with E-state index in [2.05, 4.69) is 24.5 Å². The minimum Gasteiger partial charge on any atom is -0.353 e. The largest absolute Gasteiger partial charge is 0.353 e. The Kier molecular flexibility index (Phi) is 5.04. The lowest BCUT2D eigenvalue weighted by molar-refractivity contribution is -0.120. The van der Waals surface area contributed by atoms with Gasteiger partial charge in [0.15, 0.2) is 0 Å². The average molecular weight is 252 g/mol. The van der Waals surface area contributed by atoms with E-state index >= 15 is 0 Å². The topological polar surface area (TPSA) is 41.1 Å². The number of carbonyl (C=O) groups excluding carboxylic acids is 1. The molecule has 2 aliphatic carbocycles. The second-order valence-corrected chi connectivity index (χ2v) is 6.23. The van der Waals surface area contributed by atoms with Gasteiger partial charge >= 0.3 is 0 Å². The van der Waals surface area contributed by atoms with E-state index in [4.69, 9.17) is 0 Å². The van der Waals surface area contributed by atoms with Gasteiger partial charge in [0.2, 0.25) is 5.91 Å². The van der Waals surface area contributed by atoms with Gasteiger partial charge in [-0.05, 0) is 63.3 Å². The Hall–Kier alpha value is -0.570.